The zero-order chi connectivity index (χ0) is 26.1. The smallest absolute Gasteiger partial charge is 0.255 e. The lowest BCUT2D eigenvalue weighted by molar-refractivity contribution is -0.148. The molecule has 0 spiro atoms. The molecule has 1 aromatic carbocycles. The van der Waals surface area contributed by atoms with Crippen molar-refractivity contribution in [2.45, 2.75) is 38.0 Å². The number of carbonyl (C=O) groups excluding carboxylic acids is 4. The molecule has 0 unspecified atom stereocenters. The highest BCUT2D eigenvalue weighted by atomic mass is 16.3. The topological polar surface area (TPSA) is 204 Å². The summed E-state index contributed by atoms with van der Waals surface area (Å²) in [6.45, 7) is 1.15. The van der Waals surface area contributed by atoms with Gasteiger partial charge in [0.15, 0.2) is 17.2 Å². The number of benzene rings is 1. The number of hydrogen-bond acceptors (Lipinski definition) is 10. The molecule has 0 fully saturated rings. The van der Waals surface area contributed by atoms with Crippen molar-refractivity contribution in [1.29, 1.82) is 0 Å². The molecule has 0 saturated heterocycles. The number of allylic oxidation sites excluding steroid dienone is 1. The first-order valence-electron chi connectivity index (χ1n) is 11.0. The van der Waals surface area contributed by atoms with E-state index in [0.717, 1.165) is 0 Å². The van der Waals surface area contributed by atoms with Crippen molar-refractivity contribution < 1.29 is 39.6 Å². The number of Topliss-reactive ketones (excluding diaryl/α,β-unsaturated/α-hetero) is 3. The van der Waals surface area contributed by atoms with Gasteiger partial charge in [-0.15, -0.1) is 0 Å². The average molecular weight is 485 g/mol. The van der Waals surface area contributed by atoms with Crippen LogP contribution in [0, 0.1) is 11.8 Å². The highest BCUT2D eigenvalue weighted by molar-refractivity contribution is 6.25. The number of hydrogen-bond donors (Lipinski definition) is 6. The molecule has 3 aliphatic rings. The van der Waals surface area contributed by atoms with Crippen molar-refractivity contribution >= 4 is 23.3 Å². The summed E-state index contributed by atoms with van der Waals surface area (Å²) < 4.78 is 0. The van der Waals surface area contributed by atoms with Crippen molar-refractivity contribution in [3.63, 3.8) is 0 Å². The molecule has 35 heavy (non-hydrogen) atoms. The van der Waals surface area contributed by atoms with Crippen LogP contribution in [0.25, 0.3) is 0 Å². The lowest BCUT2D eigenvalue weighted by Crippen LogP contribution is -2.63. The first kappa shape index (κ1) is 24.6. The van der Waals surface area contributed by atoms with E-state index in [2.05, 4.69) is 0 Å². The van der Waals surface area contributed by atoms with Gasteiger partial charge in [-0.25, -0.2) is 0 Å². The zero-order valence-corrected chi connectivity index (χ0v) is 19.5. The van der Waals surface area contributed by atoms with Gasteiger partial charge < -0.3 is 31.9 Å². The predicted octanol–water partition coefficient (Wildman–Crippen LogP) is -0.218. The maximum Gasteiger partial charge on any atom is 0.255 e. The van der Waals surface area contributed by atoms with Gasteiger partial charge >= 0.3 is 0 Å². The van der Waals surface area contributed by atoms with Gasteiger partial charge in [0.05, 0.1) is 11.6 Å². The molecule has 4 rings (SSSR count). The van der Waals surface area contributed by atoms with Gasteiger partial charge in [-0.1, -0.05) is 0 Å². The van der Waals surface area contributed by atoms with Gasteiger partial charge in [0.2, 0.25) is 5.78 Å². The molecule has 0 bridgehead atoms. The monoisotopic (exact) mass is 485 g/mol. The van der Waals surface area contributed by atoms with E-state index < -0.39 is 63.8 Å². The molecule has 0 aliphatic heterocycles. The zero-order valence-electron chi connectivity index (χ0n) is 19.5. The van der Waals surface area contributed by atoms with Crippen LogP contribution in [0.1, 0.15) is 45.2 Å². The molecular weight excluding hydrogens is 458 g/mol. The van der Waals surface area contributed by atoms with E-state index in [4.69, 9.17) is 11.5 Å². The maximum absolute atomic E-state index is 13.6. The quantitative estimate of drug-likeness (QED) is 0.244. The second-order valence-electron chi connectivity index (χ2n) is 9.51. The number of likely N-dealkylation sites (N-methyl/N-ethyl adjacent to an activating group) is 1. The molecule has 1 aromatic rings. The Kier molecular flexibility index (Phi) is 5.62. The van der Waals surface area contributed by atoms with E-state index >= 15 is 0 Å². The van der Waals surface area contributed by atoms with E-state index in [0.29, 0.717) is 0 Å². The van der Waals surface area contributed by atoms with E-state index in [1.807, 2.05) is 0 Å². The molecule has 0 radical (unpaired) electrons. The summed E-state index contributed by atoms with van der Waals surface area (Å²) in [6, 6.07) is 0.346. The fourth-order valence-electron chi connectivity index (χ4n) is 5.84. The minimum absolute atomic E-state index is 0.0435. The summed E-state index contributed by atoms with van der Waals surface area (Å²) >= 11 is 0. The second-order valence-corrected chi connectivity index (χ2v) is 9.51. The summed E-state index contributed by atoms with van der Waals surface area (Å²) in [7, 11) is 3.10. The van der Waals surface area contributed by atoms with Crippen LogP contribution in [-0.2, 0) is 22.6 Å². The van der Waals surface area contributed by atoms with Crippen molar-refractivity contribution in [1.82, 2.24) is 4.90 Å². The summed E-state index contributed by atoms with van der Waals surface area (Å²) in [5, 5.41) is 44.3. The number of ketones is 3. The normalized spacial score (nSPS) is 28.1. The van der Waals surface area contributed by atoms with Crippen LogP contribution in [0.15, 0.2) is 28.7 Å². The summed E-state index contributed by atoms with van der Waals surface area (Å²) in [5.74, 6) is -7.73. The highest BCUT2D eigenvalue weighted by Gasteiger charge is 2.63. The van der Waals surface area contributed by atoms with Crippen molar-refractivity contribution in [2.24, 2.45) is 23.3 Å². The largest absolute Gasteiger partial charge is 0.510 e. The molecule has 8 N–H and O–H groups in total. The third-order valence-electron chi connectivity index (χ3n) is 7.40. The Morgan fingerprint density at radius 1 is 1.20 bits per heavy atom. The number of aromatic hydroxyl groups is 1. The minimum atomic E-state index is -2.71. The first-order chi connectivity index (χ1) is 16.3. The molecule has 11 heteroatoms. The van der Waals surface area contributed by atoms with Crippen LogP contribution in [0.5, 0.6) is 5.75 Å². The van der Waals surface area contributed by atoms with Gasteiger partial charge in [0, 0.05) is 29.2 Å². The SMILES string of the molecule is CC(=O)c1cc(CN)c(O)c2c1C[C@H]1C[C@H]3[C@H](N(C)C)C(O)=C(C(N)=O)C(=O)[C@@]3(O)C(O)=C1C2=O. The van der Waals surface area contributed by atoms with Crippen LogP contribution in [0.2, 0.25) is 0 Å². The molecule has 11 nitrogen and oxygen atoms in total. The van der Waals surface area contributed by atoms with Crippen molar-refractivity contribution in [3.8, 4) is 5.75 Å². The van der Waals surface area contributed by atoms with E-state index in [-0.39, 0.29) is 53.0 Å². The number of fused-ring (bicyclic) bond motifs is 3. The number of primary amides is 1. The van der Waals surface area contributed by atoms with E-state index in [9.17, 15) is 39.6 Å². The maximum atomic E-state index is 13.6. The Morgan fingerprint density at radius 3 is 2.34 bits per heavy atom. The number of nitrogens with two attached hydrogens (primary N) is 2. The van der Waals surface area contributed by atoms with Crippen LogP contribution in [0.3, 0.4) is 0 Å². The number of phenols is 1. The van der Waals surface area contributed by atoms with Gasteiger partial charge in [-0.05, 0) is 51.4 Å². The Balaban J connectivity index is 2.01. The summed E-state index contributed by atoms with van der Waals surface area (Å²) in [5.41, 5.74) is 7.53. The first-order valence-corrected chi connectivity index (χ1v) is 11.0. The van der Waals surface area contributed by atoms with Crippen LogP contribution in [-0.4, -0.2) is 74.3 Å². The number of aliphatic hydroxyl groups excluding tert-OH is 2. The molecule has 0 heterocycles. The van der Waals surface area contributed by atoms with Crippen LogP contribution >= 0.6 is 0 Å². The minimum Gasteiger partial charge on any atom is -0.510 e. The number of aliphatic hydroxyl groups is 3. The fourth-order valence-corrected chi connectivity index (χ4v) is 5.84. The van der Waals surface area contributed by atoms with E-state index in [1.54, 1.807) is 14.1 Å². The third kappa shape index (κ3) is 3.15. The van der Waals surface area contributed by atoms with Gasteiger partial charge in [0.1, 0.15) is 22.8 Å². The van der Waals surface area contributed by atoms with Crippen molar-refractivity contribution in [3.05, 3.63) is 51.0 Å². The van der Waals surface area contributed by atoms with E-state index in [1.165, 1.54) is 17.9 Å². The molecule has 186 valence electrons. The predicted molar refractivity (Wildman–Crippen MR) is 122 cm³/mol. The average Bonchev–Trinajstić information content (AvgIpc) is 2.75. The Bertz CT molecular complexity index is 1280. The highest BCUT2D eigenvalue weighted by Crippen LogP contribution is 2.52. The number of carbonyl (C=O) groups is 4. The lowest BCUT2D eigenvalue weighted by Gasteiger charge is -2.50. The number of rotatable bonds is 4. The van der Waals surface area contributed by atoms with Gasteiger partial charge in [-0.3, -0.25) is 24.1 Å². The standard InChI is InChI=1S/C24H27N3O8/c1-8(28)11-5-10(7-25)18(29)15-12(11)4-9-6-13-17(27(2)3)20(31)16(23(26)34)22(33)24(13,35)21(32)14(9)19(15)30/h5,9,13,17,29,31-32,35H,4,6-7,25H2,1-3H3,(H2,26,34)/t9-,13-,17-,24-/m0/s1. The molecule has 3 aliphatic carbocycles. The van der Waals surface area contributed by atoms with Gasteiger partial charge in [-0.2, -0.15) is 0 Å². The summed E-state index contributed by atoms with van der Waals surface area (Å²) in [4.78, 5) is 52.7. The summed E-state index contributed by atoms with van der Waals surface area (Å²) in [6.07, 6.45) is -0.00955. The van der Waals surface area contributed by atoms with Crippen molar-refractivity contribution in [2.75, 3.05) is 14.1 Å². The Labute approximate surface area is 200 Å². The molecular formula is C24H27N3O8. The number of nitrogens with zero attached hydrogens (tertiary/aromatic N) is 1. The molecule has 0 aromatic heterocycles. The van der Waals surface area contributed by atoms with Crippen LogP contribution < -0.4 is 11.5 Å². The lowest BCUT2D eigenvalue weighted by atomic mass is 9.58. The fraction of sp³-hybridized carbons (Fsp3) is 0.417. The number of phenolic OH excluding ortho intramolecular Hbond substituents is 1. The second kappa shape index (κ2) is 8.01. The van der Waals surface area contributed by atoms with Gasteiger partial charge in [0.25, 0.3) is 5.91 Å². The molecule has 0 saturated carbocycles. The third-order valence-corrected chi connectivity index (χ3v) is 7.40. The van der Waals surface area contributed by atoms with Crippen LogP contribution in [0.4, 0.5) is 0 Å². The Morgan fingerprint density at radius 2 is 1.83 bits per heavy atom. The molecule has 4 atom stereocenters. The molecule has 1 amide bonds. The Hall–Kier alpha value is -3.54. The number of amides is 1.